The molecule has 1 amide bonds. The highest BCUT2D eigenvalue weighted by atomic mass is 35.5. The largest absolute Gasteiger partial charge is 0.482 e. The van der Waals surface area contributed by atoms with Crippen LogP contribution in [0.25, 0.3) is 0 Å². The van der Waals surface area contributed by atoms with E-state index in [0.29, 0.717) is 0 Å². The normalized spacial score (nSPS) is 11.7. The van der Waals surface area contributed by atoms with Crippen LogP contribution in [0.4, 0.5) is 4.39 Å². The van der Waals surface area contributed by atoms with Gasteiger partial charge in [0.15, 0.2) is 6.61 Å². The minimum absolute atomic E-state index is 0.0399. The number of ether oxygens (including phenoxy) is 1. The van der Waals surface area contributed by atoms with Crippen molar-refractivity contribution in [1.82, 2.24) is 5.32 Å². The third-order valence-corrected chi connectivity index (χ3v) is 2.59. The first-order valence-corrected chi connectivity index (χ1v) is 5.91. The molecule has 19 heavy (non-hydrogen) atoms. The summed E-state index contributed by atoms with van der Waals surface area (Å²) in [6.45, 7) is 1.24. The van der Waals surface area contributed by atoms with E-state index in [9.17, 15) is 14.0 Å². The van der Waals surface area contributed by atoms with Crippen LogP contribution in [0.3, 0.4) is 0 Å². The van der Waals surface area contributed by atoms with Crippen LogP contribution in [0, 0.1) is 5.82 Å². The lowest BCUT2D eigenvalue weighted by Gasteiger charge is -2.13. The number of halogens is 2. The molecule has 104 valence electrons. The minimum Gasteiger partial charge on any atom is -0.482 e. The molecule has 0 aliphatic carbocycles. The summed E-state index contributed by atoms with van der Waals surface area (Å²) in [5.41, 5.74) is 0. The molecule has 0 bridgehead atoms. The van der Waals surface area contributed by atoms with Gasteiger partial charge in [0, 0.05) is 0 Å². The lowest BCUT2D eigenvalue weighted by molar-refractivity contribution is -0.142. The Hall–Kier alpha value is -1.82. The van der Waals surface area contributed by atoms with Gasteiger partial charge >= 0.3 is 5.97 Å². The van der Waals surface area contributed by atoms with Gasteiger partial charge in [-0.05, 0) is 24.6 Å². The van der Waals surface area contributed by atoms with Crippen LogP contribution in [0.15, 0.2) is 18.2 Å². The number of amides is 1. The van der Waals surface area contributed by atoms with Gasteiger partial charge in [-0.1, -0.05) is 18.5 Å². The summed E-state index contributed by atoms with van der Waals surface area (Å²) in [7, 11) is 0. The third-order valence-electron chi connectivity index (χ3n) is 2.29. The molecule has 0 aliphatic heterocycles. The zero-order chi connectivity index (χ0) is 14.4. The van der Waals surface area contributed by atoms with Gasteiger partial charge < -0.3 is 15.2 Å². The molecule has 1 atom stereocenters. The van der Waals surface area contributed by atoms with Crippen molar-refractivity contribution in [3.63, 3.8) is 0 Å². The monoisotopic (exact) mass is 289 g/mol. The Labute approximate surface area is 114 Å². The van der Waals surface area contributed by atoms with Crippen molar-refractivity contribution in [1.29, 1.82) is 0 Å². The van der Waals surface area contributed by atoms with E-state index in [4.69, 9.17) is 21.4 Å². The predicted octanol–water partition coefficient (Wildman–Crippen LogP) is 1.84. The molecule has 7 heteroatoms. The molecule has 1 aromatic rings. The first-order chi connectivity index (χ1) is 8.93. The predicted molar refractivity (Wildman–Crippen MR) is 66.8 cm³/mol. The van der Waals surface area contributed by atoms with E-state index in [-0.39, 0.29) is 17.2 Å². The molecule has 0 aliphatic rings. The number of hydrogen-bond donors (Lipinski definition) is 2. The van der Waals surface area contributed by atoms with E-state index < -0.39 is 30.3 Å². The summed E-state index contributed by atoms with van der Waals surface area (Å²) < 4.78 is 17.8. The van der Waals surface area contributed by atoms with Gasteiger partial charge in [0.1, 0.15) is 17.6 Å². The highest BCUT2D eigenvalue weighted by Crippen LogP contribution is 2.24. The van der Waals surface area contributed by atoms with E-state index in [0.717, 1.165) is 12.1 Å². The Kier molecular flexibility index (Phi) is 5.57. The van der Waals surface area contributed by atoms with Crippen molar-refractivity contribution in [2.75, 3.05) is 6.61 Å². The van der Waals surface area contributed by atoms with Crippen molar-refractivity contribution in [2.24, 2.45) is 0 Å². The zero-order valence-electron chi connectivity index (χ0n) is 10.2. The van der Waals surface area contributed by atoms with Crippen molar-refractivity contribution in [2.45, 2.75) is 19.4 Å². The van der Waals surface area contributed by atoms with E-state index in [1.54, 1.807) is 6.92 Å². The van der Waals surface area contributed by atoms with Crippen LogP contribution in [0.5, 0.6) is 5.75 Å². The van der Waals surface area contributed by atoms with Crippen LogP contribution in [0.2, 0.25) is 5.02 Å². The van der Waals surface area contributed by atoms with Crippen LogP contribution in [0.1, 0.15) is 13.3 Å². The minimum atomic E-state index is -1.12. The van der Waals surface area contributed by atoms with Crippen LogP contribution in [-0.2, 0) is 9.59 Å². The number of aliphatic carboxylic acids is 1. The van der Waals surface area contributed by atoms with Crippen LogP contribution >= 0.6 is 11.6 Å². The fraction of sp³-hybridized carbons (Fsp3) is 0.333. The molecular formula is C12H13ClFNO4. The average Bonchev–Trinajstić information content (AvgIpc) is 2.34. The zero-order valence-corrected chi connectivity index (χ0v) is 10.9. The smallest absolute Gasteiger partial charge is 0.326 e. The van der Waals surface area contributed by atoms with E-state index in [2.05, 4.69) is 5.32 Å². The molecule has 5 nitrogen and oxygen atoms in total. The van der Waals surface area contributed by atoms with Crippen molar-refractivity contribution >= 4 is 23.5 Å². The molecule has 2 N–H and O–H groups in total. The molecule has 1 unspecified atom stereocenters. The molecule has 0 spiro atoms. The van der Waals surface area contributed by atoms with E-state index in [1.165, 1.54) is 6.07 Å². The Balaban J connectivity index is 2.52. The molecule has 1 rings (SSSR count). The van der Waals surface area contributed by atoms with Crippen molar-refractivity contribution in [3.05, 3.63) is 29.0 Å². The number of carbonyl (C=O) groups excluding carboxylic acids is 1. The number of nitrogens with one attached hydrogen (secondary N) is 1. The lowest BCUT2D eigenvalue weighted by Crippen LogP contribution is -2.42. The summed E-state index contributed by atoms with van der Waals surface area (Å²) in [5, 5.41) is 11.1. The van der Waals surface area contributed by atoms with Crippen molar-refractivity contribution in [3.8, 4) is 5.75 Å². The Morgan fingerprint density at radius 1 is 1.53 bits per heavy atom. The topological polar surface area (TPSA) is 75.6 Å². The SMILES string of the molecule is CCC(NC(=O)COc1ccc(F)cc1Cl)C(=O)O. The number of carboxylic acid groups (broad SMARTS) is 1. The third kappa shape index (κ3) is 4.75. The second kappa shape index (κ2) is 6.94. The van der Waals surface area contributed by atoms with Gasteiger partial charge in [-0.2, -0.15) is 0 Å². The second-order valence-corrected chi connectivity index (χ2v) is 4.14. The molecule has 0 aromatic heterocycles. The highest BCUT2D eigenvalue weighted by Gasteiger charge is 2.17. The summed E-state index contributed by atoms with van der Waals surface area (Å²) >= 11 is 5.71. The van der Waals surface area contributed by atoms with Gasteiger partial charge in [0.25, 0.3) is 5.91 Å². The fourth-order valence-corrected chi connectivity index (χ4v) is 1.53. The molecule has 0 heterocycles. The highest BCUT2D eigenvalue weighted by molar-refractivity contribution is 6.32. The summed E-state index contributed by atoms with van der Waals surface area (Å²) in [6, 6.07) is 2.53. The standard InChI is InChI=1S/C12H13ClFNO4/c1-2-9(12(17)18)15-11(16)6-19-10-4-3-7(14)5-8(10)13/h3-5,9H,2,6H2,1H3,(H,15,16)(H,17,18). The number of hydrogen-bond acceptors (Lipinski definition) is 3. The molecule has 0 fully saturated rings. The first kappa shape index (κ1) is 15.2. The number of benzene rings is 1. The summed E-state index contributed by atoms with van der Waals surface area (Å²) in [4.78, 5) is 22.2. The molecule has 1 aromatic carbocycles. The quantitative estimate of drug-likeness (QED) is 0.838. The number of rotatable bonds is 6. The summed E-state index contributed by atoms with van der Waals surface area (Å²) in [6.07, 6.45) is 0.262. The van der Waals surface area contributed by atoms with Crippen LogP contribution < -0.4 is 10.1 Å². The van der Waals surface area contributed by atoms with E-state index >= 15 is 0 Å². The molecule has 0 saturated heterocycles. The Morgan fingerprint density at radius 2 is 2.21 bits per heavy atom. The maximum Gasteiger partial charge on any atom is 0.326 e. The number of carboxylic acids is 1. The maximum atomic E-state index is 12.8. The molecular weight excluding hydrogens is 277 g/mol. The molecule has 0 radical (unpaired) electrons. The van der Waals surface area contributed by atoms with Gasteiger partial charge in [-0.25, -0.2) is 9.18 Å². The number of carbonyl (C=O) groups is 2. The van der Waals surface area contributed by atoms with Gasteiger partial charge in [0.2, 0.25) is 0 Å². The van der Waals surface area contributed by atoms with Crippen molar-refractivity contribution < 1.29 is 23.8 Å². The Bertz CT molecular complexity index is 481. The van der Waals surface area contributed by atoms with E-state index in [1.807, 2.05) is 0 Å². The van der Waals surface area contributed by atoms with Crippen LogP contribution in [-0.4, -0.2) is 29.6 Å². The summed E-state index contributed by atoms with van der Waals surface area (Å²) in [5.74, 6) is -2.06. The van der Waals surface area contributed by atoms with Gasteiger partial charge in [-0.15, -0.1) is 0 Å². The average molecular weight is 290 g/mol. The Morgan fingerprint density at radius 3 is 2.74 bits per heavy atom. The van der Waals surface area contributed by atoms with Gasteiger partial charge in [0.05, 0.1) is 5.02 Å². The fourth-order valence-electron chi connectivity index (χ4n) is 1.31. The van der Waals surface area contributed by atoms with Gasteiger partial charge in [-0.3, -0.25) is 4.79 Å². The molecule has 0 saturated carbocycles. The lowest BCUT2D eigenvalue weighted by atomic mass is 10.2. The first-order valence-electron chi connectivity index (χ1n) is 5.54. The second-order valence-electron chi connectivity index (χ2n) is 3.73. The maximum absolute atomic E-state index is 12.8.